The molecule has 0 atom stereocenters. The van der Waals surface area contributed by atoms with Gasteiger partial charge < -0.3 is 0 Å². The van der Waals surface area contributed by atoms with Crippen molar-refractivity contribution in [1.82, 2.24) is 14.5 Å². The van der Waals surface area contributed by atoms with E-state index < -0.39 is 0 Å². The predicted octanol–water partition coefficient (Wildman–Crippen LogP) is 12.3. The SMILES string of the molecule is c1ccc(-c2nc3c(nc2-n2c4ccccc4c4c5ccccc5c5c6ccc7ccccc7c6sc5c42)sc2ccccc23)cc1. The first kappa shape index (κ1) is 25.6. The fourth-order valence-electron chi connectivity index (χ4n) is 7.59. The molecule has 0 aliphatic heterocycles. The van der Waals surface area contributed by atoms with Crippen LogP contribution in [0.2, 0.25) is 0 Å². The first-order valence-electron chi connectivity index (χ1n) is 15.8. The van der Waals surface area contributed by atoms with Crippen LogP contribution in [0.25, 0.3) is 101 Å². The van der Waals surface area contributed by atoms with Crippen LogP contribution in [-0.2, 0) is 0 Å². The van der Waals surface area contributed by atoms with Crippen molar-refractivity contribution in [1.29, 1.82) is 0 Å². The Bertz CT molecular complexity index is 3070. The highest BCUT2D eigenvalue weighted by molar-refractivity contribution is 7.27. The van der Waals surface area contributed by atoms with Crippen molar-refractivity contribution in [2.24, 2.45) is 0 Å². The summed E-state index contributed by atoms with van der Waals surface area (Å²) in [5.74, 6) is 0.861. The highest BCUT2D eigenvalue weighted by atomic mass is 32.1. The lowest BCUT2D eigenvalue weighted by molar-refractivity contribution is 1.09. The van der Waals surface area contributed by atoms with Crippen LogP contribution in [-0.4, -0.2) is 14.5 Å². The fourth-order valence-corrected chi connectivity index (χ4v) is 9.99. The van der Waals surface area contributed by atoms with Gasteiger partial charge in [0.2, 0.25) is 0 Å². The summed E-state index contributed by atoms with van der Waals surface area (Å²) in [5.41, 5.74) is 5.22. The van der Waals surface area contributed by atoms with Crippen molar-refractivity contribution in [3.05, 3.63) is 140 Å². The van der Waals surface area contributed by atoms with E-state index in [2.05, 4.69) is 144 Å². The fraction of sp³-hybridized carbons (Fsp3) is 0. The minimum Gasteiger partial charge on any atom is -0.290 e. The first-order valence-corrected chi connectivity index (χ1v) is 17.4. The summed E-state index contributed by atoms with van der Waals surface area (Å²) in [5, 5.41) is 11.3. The lowest BCUT2D eigenvalue weighted by atomic mass is 9.98. The van der Waals surface area contributed by atoms with Gasteiger partial charge in [-0.2, -0.15) is 0 Å². The second kappa shape index (κ2) is 9.46. The third-order valence-corrected chi connectivity index (χ3v) is 11.9. The molecule has 0 saturated heterocycles. The van der Waals surface area contributed by atoms with Gasteiger partial charge in [0, 0.05) is 41.9 Å². The Labute approximate surface area is 276 Å². The second-order valence-electron chi connectivity index (χ2n) is 12.1. The monoisotopic (exact) mass is 633 g/mol. The molecule has 7 aromatic carbocycles. The Balaban J connectivity index is 1.41. The van der Waals surface area contributed by atoms with Crippen molar-refractivity contribution in [2.45, 2.75) is 0 Å². The number of hydrogen-bond acceptors (Lipinski definition) is 4. The maximum Gasteiger partial charge on any atom is 0.166 e. The quantitative estimate of drug-likeness (QED) is 0.190. The molecule has 218 valence electrons. The number of nitrogens with zero attached hydrogens (tertiary/aromatic N) is 3. The van der Waals surface area contributed by atoms with Gasteiger partial charge >= 0.3 is 0 Å². The van der Waals surface area contributed by atoms with Crippen LogP contribution < -0.4 is 0 Å². The summed E-state index contributed by atoms with van der Waals surface area (Å²) >= 11 is 3.62. The van der Waals surface area contributed by atoms with E-state index in [4.69, 9.17) is 9.97 Å². The average molecular weight is 634 g/mol. The van der Waals surface area contributed by atoms with E-state index in [1.165, 1.54) is 62.7 Å². The second-order valence-corrected chi connectivity index (χ2v) is 14.2. The van der Waals surface area contributed by atoms with Gasteiger partial charge in [-0.25, -0.2) is 9.97 Å². The van der Waals surface area contributed by atoms with E-state index >= 15 is 0 Å². The zero-order valence-corrected chi connectivity index (χ0v) is 26.6. The molecule has 4 heterocycles. The van der Waals surface area contributed by atoms with Crippen molar-refractivity contribution < 1.29 is 0 Å². The summed E-state index contributed by atoms with van der Waals surface area (Å²) in [7, 11) is 0. The summed E-state index contributed by atoms with van der Waals surface area (Å²) < 4.78 is 6.21. The molecule has 0 bridgehead atoms. The van der Waals surface area contributed by atoms with Gasteiger partial charge in [-0.1, -0.05) is 127 Å². The molecule has 0 radical (unpaired) electrons. The molecule has 0 aliphatic rings. The van der Waals surface area contributed by atoms with E-state index in [-0.39, 0.29) is 0 Å². The van der Waals surface area contributed by atoms with E-state index in [9.17, 15) is 0 Å². The van der Waals surface area contributed by atoms with Gasteiger partial charge in [0.1, 0.15) is 16.0 Å². The molecule has 0 saturated carbocycles. The molecule has 5 heteroatoms. The summed E-state index contributed by atoms with van der Waals surface area (Å²) in [6, 6.07) is 50.1. The van der Waals surface area contributed by atoms with Crippen LogP contribution in [0.5, 0.6) is 0 Å². The molecule has 11 rings (SSSR count). The van der Waals surface area contributed by atoms with Crippen molar-refractivity contribution in [2.75, 3.05) is 0 Å². The third kappa shape index (κ3) is 3.45. The molecule has 11 aromatic rings. The number of hydrogen-bond donors (Lipinski definition) is 0. The van der Waals surface area contributed by atoms with E-state index in [0.29, 0.717) is 0 Å². The largest absolute Gasteiger partial charge is 0.290 e. The lowest BCUT2D eigenvalue weighted by Crippen LogP contribution is -2.03. The first-order chi connectivity index (χ1) is 23.3. The van der Waals surface area contributed by atoms with E-state index in [1.807, 2.05) is 11.3 Å². The van der Waals surface area contributed by atoms with Gasteiger partial charge in [-0.15, -0.1) is 22.7 Å². The molecule has 4 aromatic heterocycles. The highest BCUT2D eigenvalue weighted by Gasteiger charge is 2.25. The van der Waals surface area contributed by atoms with Crippen LogP contribution >= 0.6 is 22.7 Å². The Morgan fingerprint density at radius 2 is 1.15 bits per heavy atom. The smallest absolute Gasteiger partial charge is 0.166 e. The van der Waals surface area contributed by atoms with Crippen molar-refractivity contribution in [3.63, 3.8) is 0 Å². The standard InChI is InChI=1S/C42H23N3S2/c1-2-13-25(14-3-1)36-41(44-42-37(43-36)30-19-9-11-21-33(30)46-42)45-32-20-10-8-18-29(32)34-27-16-6-7-17-28(27)35-31-23-22-24-12-4-5-15-26(24)39(31)47-40(35)38(34)45/h1-23H. The minimum absolute atomic E-state index is 0.861. The highest BCUT2D eigenvalue weighted by Crippen LogP contribution is 2.49. The molecular weight excluding hydrogens is 611 g/mol. The van der Waals surface area contributed by atoms with Crippen LogP contribution in [0.1, 0.15) is 0 Å². The number of aromatic nitrogens is 3. The number of benzene rings is 7. The molecule has 0 N–H and O–H groups in total. The van der Waals surface area contributed by atoms with E-state index in [1.54, 1.807) is 11.3 Å². The molecule has 47 heavy (non-hydrogen) atoms. The molecule has 0 spiro atoms. The zero-order chi connectivity index (χ0) is 30.6. The van der Waals surface area contributed by atoms with Gasteiger partial charge in [0.25, 0.3) is 0 Å². The molecular formula is C42H23N3S2. The third-order valence-electron chi connectivity index (χ3n) is 9.59. The lowest BCUT2D eigenvalue weighted by Gasteiger charge is -2.13. The van der Waals surface area contributed by atoms with Gasteiger partial charge in [0.15, 0.2) is 5.82 Å². The topological polar surface area (TPSA) is 30.7 Å². The van der Waals surface area contributed by atoms with Crippen LogP contribution in [0.4, 0.5) is 0 Å². The van der Waals surface area contributed by atoms with Crippen LogP contribution in [0.3, 0.4) is 0 Å². The number of rotatable bonds is 2. The van der Waals surface area contributed by atoms with Gasteiger partial charge in [-0.3, -0.25) is 4.57 Å². The number of thiophene rings is 2. The van der Waals surface area contributed by atoms with Crippen LogP contribution in [0.15, 0.2) is 140 Å². The molecule has 0 aliphatic carbocycles. The van der Waals surface area contributed by atoms with Crippen molar-refractivity contribution >= 4 is 107 Å². The molecule has 3 nitrogen and oxygen atoms in total. The Morgan fingerprint density at radius 1 is 0.468 bits per heavy atom. The Hall–Kier alpha value is -5.62. The summed E-state index contributed by atoms with van der Waals surface area (Å²) in [4.78, 5) is 12.0. The Kier molecular flexibility index (Phi) is 5.14. The maximum absolute atomic E-state index is 5.55. The minimum atomic E-state index is 0.861. The van der Waals surface area contributed by atoms with Gasteiger partial charge in [-0.05, 0) is 33.7 Å². The Morgan fingerprint density at radius 3 is 2.00 bits per heavy atom. The maximum atomic E-state index is 5.55. The number of para-hydroxylation sites is 1. The molecule has 0 unspecified atom stereocenters. The predicted molar refractivity (Wildman–Crippen MR) is 203 cm³/mol. The zero-order valence-electron chi connectivity index (χ0n) is 24.9. The van der Waals surface area contributed by atoms with Crippen molar-refractivity contribution in [3.8, 4) is 17.1 Å². The van der Waals surface area contributed by atoms with Crippen LogP contribution in [0, 0.1) is 0 Å². The molecule has 0 amide bonds. The molecule has 0 fully saturated rings. The number of fused-ring (bicyclic) bond motifs is 15. The van der Waals surface area contributed by atoms with E-state index in [0.717, 1.165) is 38.3 Å². The normalized spacial score (nSPS) is 12.3. The summed E-state index contributed by atoms with van der Waals surface area (Å²) in [6.07, 6.45) is 0. The summed E-state index contributed by atoms with van der Waals surface area (Å²) in [6.45, 7) is 0. The van der Waals surface area contributed by atoms with Gasteiger partial charge in [0.05, 0.1) is 15.7 Å². The average Bonchev–Trinajstić information content (AvgIpc) is 3.81.